The minimum absolute atomic E-state index is 0.0981. The van der Waals surface area contributed by atoms with E-state index in [0.29, 0.717) is 0 Å². The van der Waals surface area contributed by atoms with Gasteiger partial charge in [0.15, 0.2) is 2.88 Å². The molecule has 0 N–H and O–H groups in total. The lowest BCUT2D eigenvalue weighted by Crippen LogP contribution is -2.24. The van der Waals surface area contributed by atoms with Gasteiger partial charge in [0, 0.05) is 0 Å². The summed E-state index contributed by atoms with van der Waals surface area (Å²) >= 11 is 12.4. The summed E-state index contributed by atoms with van der Waals surface area (Å²) in [5.41, 5.74) is 0. The molecule has 0 saturated heterocycles. The van der Waals surface area contributed by atoms with Crippen LogP contribution in [0.2, 0.25) is 0 Å². The molecule has 0 radical (unpaired) electrons. The van der Waals surface area contributed by atoms with Crippen LogP contribution in [0.15, 0.2) is 4.99 Å². The number of isocyanates is 1. The van der Waals surface area contributed by atoms with E-state index in [1.54, 1.807) is 22.6 Å². The monoisotopic (exact) mass is 293 g/mol. The van der Waals surface area contributed by atoms with E-state index in [1.807, 2.05) is 0 Å². The van der Waals surface area contributed by atoms with Gasteiger partial charge in [-0.25, -0.2) is 4.79 Å². The fraction of sp³-hybridized carbons (Fsp3) is 0.500. The molecule has 0 aromatic heterocycles. The summed E-state index contributed by atoms with van der Waals surface area (Å²) in [6.45, 7) is 0. The topological polar surface area (TPSA) is 46.5 Å². The lowest BCUT2D eigenvalue weighted by Gasteiger charge is -2.08. The molecule has 56 valence electrons. The molecule has 0 aliphatic heterocycles. The molecule has 0 aromatic rings. The number of carbonyl (C=O) groups excluding carboxylic acids is 2. The van der Waals surface area contributed by atoms with Crippen molar-refractivity contribution >= 4 is 57.8 Å². The molecule has 0 heterocycles. The molecular formula is C4H2Cl2INO2. The smallest absolute Gasteiger partial charge is 0.269 e. The largest absolute Gasteiger partial charge is 0.288 e. The standard InChI is InChI=1S/C4H2Cl2INO2/c5-1-4(6,7)3(10)8-2-9/h1H2. The maximum absolute atomic E-state index is 10.6. The Balaban J connectivity index is 4.32. The van der Waals surface area contributed by atoms with Gasteiger partial charge in [0.1, 0.15) is 0 Å². The van der Waals surface area contributed by atoms with Gasteiger partial charge in [-0.3, -0.25) is 4.79 Å². The van der Waals surface area contributed by atoms with Gasteiger partial charge in [0.2, 0.25) is 6.08 Å². The van der Waals surface area contributed by atoms with Crippen LogP contribution in [0.1, 0.15) is 0 Å². The van der Waals surface area contributed by atoms with E-state index in [2.05, 4.69) is 4.99 Å². The number of hydrogen-bond donors (Lipinski definition) is 0. The van der Waals surface area contributed by atoms with Crippen LogP contribution in [0.4, 0.5) is 0 Å². The molecule has 1 unspecified atom stereocenters. The van der Waals surface area contributed by atoms with Crippen LogP contribution in [0.5, 0.6) is 0 Å². The van der Waals surface area contributed by atoms with Gasteiger partial charge in [-0.2, -0.15) is 0 Å². The van der Waals surface area contributed by atoms with E-state index in [-0.39, 0.29) is 5.88 Å². The van der Waals surface area contributed by atoms with Gasteiger partial charge in [-0.05, 0) is 22.6 Å². The van der Waals surface area contributed by atoms with Crippen LogP contribution < -0.4 is 0 Å². The molecule has 0 saturated carbocycles. The first kappa shape index (κ1) is 10.4. The number of rotatable bonds is 2. The number of nitrogens with zero attached hydrogens (tertiary/aromatic N) is 1. The highest BCUT2D eigenvalue weighted by Crippen LogP contribution is 2.27. The maximum atomic E-state index is 10.6. The zero-order valence-electron chi connectivity index (χ0n) is 4.60. The first-order valence-corrected chi connectivity index (χ1v) is 4.10. The van der Waals surface area contributed by atoms with Crippen LogP contribution in [0, 0.1) is 0 Å². The van der Waals surface area contributed by atoms with Gasteiger partial charge >= 0.3 is 0 Å². The summed E-state index contributed by atoms with van der Waals surface area (Å²) < 4.78 is -1.31. The highest BCUT2D eigenvalue weighted by Gasteiger charge is 2.31. The Labute approximate surface area is 80.9 Å². The summed E-state index contributed by atoms with van der Waals surface area (Å²) in [5, 5.41) is 0. The number of carbonyl (C=O) groups is 1. The second-order valence-corrected chi connectivity index (χ2v) is 4.74. The van der Waals surface area contributed by atoms with Crippen LogP contribution in [-0.4, -0.2) is 20.7 Å². The molecule has 3 nitrogen and oxygen atoms in total. The molecule has 0 rings (SSSR count). The summed E-state index contributed by atoms with van der Waals surface area (Å²) in [7, 11) is 0. The van der Waals surface area contributed by atoms with Crippen molar-refractivity contribution in [3.63, 3.8) is 0 Å². The predicted molar refractivity (Wildman–Crippen MR) is 46.5 cm³/mol. The first-order chi connectivity index (χ1) is 4.54. The van der Waals surface area contributed by atoms with Crippen molar-refractivity contribution < 1.29 is 9.59 Å². The molecule has 0 aliphatic rings. The highest BCUT2D eigenvalue weighted by molar-refractivity contribution is 14.1. The van der Waals surface area contributed by atoms with Gasteiger partial charge in [0.25, 0.3) is 5.91 Å². The molecule has 0 aromatic carbocycles. The second kappa shape index (κ2) is 4.28. The Morgan fingerprint density at radius 2 is 2.30 bits per heavy atom. The van der Waals surface area contributed by atoms with Crippen molar-refractivity contribution in [1.82, 2.24) is 0 Å². The SMILES string of the molecule is O=C=NC(=O)C(Cl)(I)CCl. The van der Waals surface area contributed by atoms with E-state index >= 15 is 0 Å². The summed E-state index contributed by atoms with van der Waals surface area (Å²) in [5.74, 6) is -0.876. The average molecular weight is 294 g/mol. The molecule has 0 spiro atoms. The Hall–Kier alpha value is 0.360. The first-order valence-electron chi connectivity index (χ1n) is 2.10. The third kappa shape index (κ3) is 2.96. The molecule has 0 bridgehead atoms. The van der Waals surface area contributed by atoms with Gasteiger partial charge < -0.3 is 0 Å². The molecule has 1 amide bonds. The lowest BCUT2D eigenvalue weighted by molar-refractivity contribution is -0.117. The van der Waals surface area contributed by atoms with E-state index in [9.17, 15) is 9.59 Å². The van der Waals surface area contributed by atoms with E-state index in [0.717, 1.165) is 6.08 Å². The Morgan fingerprint density at radius 1 is 1.80 bits per heavy atom. The van der Waals surface area contributed by atoms with Gasteiger partial charge in [-0.1, -0.05) is 11.6 Å². The number of halogens is 3. The Morgan fingerprint density at radius 3 is 2.60 bits per heavy atom. The van der Waals surface area contributed by atoms with Crippen molar-refractivity contribution in [1.29, 1.82) is 0 Å². The van der Waals surface area contributed by atoms with Crippen LogP contribution in [-0.2, 0) is 9.59 Å². The fourth-order valence-corrected chi connectivity index (χ4v) is 0.458. The molecule has 1 atom stereocenters. The van der Waals surface area contributed by atoms with Crippen LogP contribution in [0.25, 0.3) is 0 Å². The van der Waals surface area contributed by atoms with Crippen molar-refractivity contribution in [3.8, 4) is 0 Å². The summed E-state index contributed by atoms with van der Waals surface area (Å²) in [6, 6.07) is 0. The molecule has 0 aliphatic carbocycles. The van der Waals surface area contributed by atoms with Crippen molar-refractivity contribution in [3.05, 3.63) is 0 Å². The van der Waals surface area contributed by atoms with E-state index in [1.165, 1.54) is 0 Å². The number of alkyl halides is 3. The van der Waals surface area contributed by atoms with Gasteiger partial charge in [-0.15, -0.1) is 16.6 Å². The normalized spacial score (nSPS) is 15.1. The quantitative estimate of drug-likeness (QED) is 0.335. The molecule has 0 fully saturated rings. The third-order valence-electron chi connectivity index (χ3n) is 0.628. The van der Waals surface area contributed by atoms with Gasteiger partial charge in [0.05, 0.1) is 5.88 Å². The van der Waals surface area contributed by atoms with E-state index in [4.69, 9.17) is 23.2 Å². The minimum Gasteiger partial charge on any atom is -0.269 e. The van der Waals surface area contributed by atoms with Crippen molar-refractivity contribution in [2.75, 3.05) is 5.88 Å². The zero-order chi connectivity index (χ0) is 8.20. The minimum atomic E-state index is -1.31. The van der Waals surface area contributed by atoms with E-state index < -0.39 is 8.79 Å². The number of hydrogen-bond acceptors (Lipinski definition) is 2. The number of aliphatic imine (C=N–C) groups is 1. The fourth-order valence-electron chi connectivity index (χ4n) is 0.180. The Kier molecular flexibility index (Phi) is 4.44. The highest BCUT2D eigenvalue weighted by atomic mass is 127. The number of amides is 1. The Bertz CT molecular complexity index is 188. The zero-order valence-corrected chi connectivity index (χ0v) is 8.27. The lowest BCUT2D eigenvalue weighted by atomic mass is 10.4. The maximum Gasteiger partial charge on any atom is 0.288 e. The van der Waals surface area contributed by atoms with Crippen LogP contribution >= 0.6 is 45.8 Å². The molecule has 10 heavy (non-hydrogen) atoms. The van der Waals surface area contributed by atoms with Crippen molar-refractivity contribution in [2.24, 2.45) is 4.99 Å². The molecule has 6 heteroatoms. The summed E-state index contributed by atoms with van der Waals surface area (Å²) in [6.07, 6.45) is 1.09. The van der Waals surface area contributed by atoms with Crippen molar-refractivity contribution in [2.45, 2.75) is 2.88 Å². The predicted octanol–water partition coefficient (Wildman–Crippen LogP) is 1.46. The average Bonchev–Trinajstić information content (AvgIpc) is 1.89. The van der Waals surface area contributed by atoms with Crippen LogP contribution in [0.3, 0.4) is 0 Å². The third-order valence-corrected chi connectivity index (χ3v) is 2.75. The summed E-state index contributed by atoms with van der Waals surface area (Å²) in [4.78, 5) is 23.0. The second-order valence-electron chi connectivity index (χ2n) is 1.35. The molecular weight excluding hydrogens is 292 g/mol.